The zero-order valence-electron chi connectivity index (χ0n) is 13.4. The van der Waals surface area contributed by atoms with Gasteiger partial charge in [-0.25, -0.2) is 9.37 Å². The first-order valence-corrected chi connectivity index (χ1v) is 7.42. The molecule has 3 rings (SSSR count). The Bertz CT molecular complexity index is 844. The van der Waals surface area contributed by atoms with Crippen molar-refractivity contribution in [1.82, 2.24) is 4.98 Å². The number of carbonyl (C=O) groups excluding carboxylic acids is 1. The van der Waals surface area contributed by atoms with Gasteiger partial charge in [0.25, 0.3) is 5.91 Å². The van der Waals surface area contributed by atoms with E-state index in [-0.39, 0.29) is 18.2 Å². The van der Waals surface area contributed by atoms with Gasteiger partial charge in [0.05, 0.1) is 19.0 Å². The van der Waals surface area contributed by atoms with Crippen LogP contribution in [0, 0.1) is 5.82 Å². The molecule has 0 fully saturated rings. The standard InChI is InChI=1S/C18H15FN2O4/c1-23-17-9-4-13(10-20-17)21-18(22)16-8-7-15(25-16)11-24-14-5-2-12(19)3-6-14/h2-10H,11H2,1H3,(H,21,22). The zero-order chi connectivity index (χ0) is 17.6. The maximum Gasteiger partial charge on any atom is 0.291 e. The lowest BCUT2D eigenvalue weighted by atomic mass is 10.3. The molecule has 128 valence electrons. The lowest BCUT2D eigenvalue weighted by Crippen LogP contribution is -2.11. The van der Waals surface area contributed by atoms with Crippen molar-refractivity contribution in [1.29, 1.82) is 0 Å². The molecule has 0 bridgehead atoms. The van der Waals surface area contributed by atoms with Crippen molar-refractivity contribution in [2.24, 2.45) is 0 Å². The summed E-state index contributed by atoms with van der Waals surface area (Å²) in [6.45, 7) is 0.128. The number of hydrogen-bond acceptors (Lipinski definition) is 5. The van der Waals surface area contributed by atoms with Gasteiger partial charge >= 0.3 is 0 Å². The predicted octanol–water partition coefficient (Wildman–Crippen LogP) is 3.65. The highest BCUT2D eigenvalue weighted by atomic mass is 19.1. The van der Waals surface area contributed by atoms with Crippen LogP contribution in [-0.4, -0.2) is 18.0 Å². The van der Waals surface area contributed by atoms with Crippen LogP contribution in [0.15, 0.2) is 59.1 Å². The Labute approximate surface area is 143 Å². The first kappa shape index (κ1) is 16.5. The number of benzene rings is 1. The van der Waals surface area contributed by atoms with Crippen molar-refractivity contribution >= 4 is 11.6 Å². The van der Waals surface area contributed by atoms with Crippen LogP contribution in [0.4, 0.5) is 10.1 Å². The maximum atomic E-state index is 12.8. The summed E-state index contributed by atoms with van der Waals surface area (Å²) >= 11 is 0. The minimum Gasteiger partial charge on any atom is -0.486 e. The molecule has 0 saturated heterocycles. The molecule has 1 aromatic carbocycles. The number of furan rings is 1. The van der Waals surface area contributed by atoms with Crippen LogP contribution in [0.2, 0.25) is 0 Å². The largest absolute Gasteiger partial charge is 0.486 e. The third-order valence-corrected chi connectivity index (χ3v) is 3.28. The lowest BCUT2D eigenvalue weighted by molar-refractivity contribution is 0.0992. The van der Waals surface area contributed by atoms with Gasteiger partial charge in [-0.3, -0.25) is 4.79 Å². The molecule has 1 amide bonds. The van der Waals surface area contributed by atoms with Crippen molar-refractivity contribution in [2.75, 3.05) is 12.4 Å². The fourth-order valence-electron chi connectivity index (χ4n) is 2.03. The SMILES string of the molecule is COc1ccc(NC(=O)c2ccc(COc3ccc(F)cc3)o2)cn1. The van der Waals surface area contributed by atoms with Gasteiger partial charge in [-0.15, -0.1) is 0 Å². The summed E-state index contributed by atoms with van der Waals surface area (Å²) in [7, 11) is 1.51. The van der Waals surface area contributed by atoms with Gasteiger partial charge in [0, 0.05) is 6.07 Å². The number of methoxy groups -OCH3 is 1. The van der Waals surface area contributed by atoms with E-state index in [9.17, 15) is 9.18 Å². The molecule has 25 heavy (non-hydrogen) atoms. The first-order valence-electron chi connectivity index (χ1n) is 7.42. The number of hydrogen-bond donors (Lipinski definition) is 1. The van der Waals surface area contributed by atoms with E-state index in [4.69, 9.17) is 13.9 Å². The van der Waals surface area contributed by atoms with E-state index in [0.717, 1.165) is 0 Å². The van der Waals surface area contributed by atoms with E-state index in [1.807, 2.05) is 0 Å². The number of amides is 1. The van der Waals surface area contributed by atoms with E-state index in [1.165, 1.54) is 37.6 Å². The quantitative estimate of drug-likeness (QED) is 0.740. The number of halogens is 1. The van der Waals surface area contributed by atoms with Gasteiger partial charge in [0.1, 0.15) is 23.9 Å². The highest BCUT2D eigenvalue weighted by Gasteiger charge is 2.12. The minimum absolute atomic E-state index is 0.128. The molecule has 0 atom stereocenters. The van der Waals surface area contributed by atoms with E-state index in [1.54, 1.807) is 24.3 Å². The van der Waals surface area contributed by atoms with Gasteiger partial charge in [0.2, 0.25) is 5.88 Å². The zero-order valence-corrected chi connectivity index (χ0v) is 13.4. The second kappa shape index (κ2) is 7.48. The van der Waals surface area contributed by atoms with Crippen LogP contribution in [0.3, 0.4) is 0 Å². The molecular weight excluding hydrogens is 327 g/mol. The molecule has 0 saturated carbocycles. The highest BCUT2D eigenvalue weighted by molar-refractivity contribution is 6.02. The molecule has 2 aromatic heterocycles. The fourth-order valence-corrected chi connectivity index (χ4v) is 2.03. The Hall–Kier alpha value is -3.35. The molecule has 6 nitrogen and oxygen atoms in total. The summed E-state index contributed by atoms with van der Waals surface area (Å²) in [4.78, 5) is 16.2. The molecule has 3 aromatic rings. The number of aromatic nitrogens is 1. The van der Waals surface area contributed by atoms with Gasteiger partial charge in [-0.05, 0) is 42.5 Å². The van der Waals surface area contributed by atoms with E-state index < -0.39 is 5.91 Å². The number of nitrogens with zero attached hydrogens (tertiary/aromatic N) is 1. The summed E-state index contributed by atoms with van der Waals surface area (Å²) in [6.07, 6.45) is 1.48. The Kier molecular flexibility index (Phi) is 4.94. The summed E-state index contributed by atoms with van der Waals surface area (Å²) in [6, 6.07) is 12.1. The number of rotatable bonds is 6. The van der Waals surface area contributed by atoms with E-state index in [2.05, 4.69) is 10.3 Å². The van der Waals surface area contributed by atoms with E-state index in [0.29, 0.717) is 23.1 Å². The average Bonchev–Trinajstić information content (AvgIpc) is 3.11. The van der Waals surface area contributed by atoms with Crippen molar-refractivity contribution in [3.05, 3.63) is 72.1 Å². The van der Waals surface area contributed by atoms with Crippen molar-refractivity contribution in [3.8, 4) is 11.6 Å². The third-order valence-electron chi connectivity index (χ3n) is 3.28. The van der Waals surface area contributed by atoms with Crippen LogP contribution in [-0.2, 0) is 6.61 Å². The maximum absolute atomic E-state index is 12.8. The third kappa shape index (κ3) is 4.35. The average molecular weight is 342 g/mol. The Balaban J connectivity index is 1.58. The highest BCUT2D eigenvalue weighted by Crippen LogP contribution is 2.17. The number of carbonyl (C=O) groups is 1. The first-order chi connectivity index (χ1) is 12.1. The Morgan fingerprint density at radius 3 is 2.64 bits per heavy atom. The molecule has 7 heteroatoms. The number of anilines is 1. The summed E-state index contributed by atoms with van der Waals surface area (Å²) < 4.78 is 28.7. The van der Waals surface area contributed by atoms with Crippen LogP contribution >= 0.6 is 0 Å². The number of ether oxygens (including phenoxy) is 2. The smallest absolute Gasteiger partial charge is 0.291 e. The Morgan fingerprint density at radius 2 is 1.96 bits per heavy atom. The topological polar surface area (TPSA) is 73.6 Å². The normalized spacial score (nSPS) is 10.3. The molecule has 0 radical (unpaired) electrons. The molecule has 2 heterocycles. The van der Waals surface area contributed by atoms with E-state index >= 15 is 0 Å². The second-order valence-electron chi connectivity index (χ2n) is 5.05. The van der Waals surface area contributed by atoms with Gasteiger partial charge in [-0.1, -0.05) is 0 Å². The molecular formula is C18H15FN2O4. The monoisotopic (exact) mass is 342 g/mol. The summed E-state index contributed by atoms with van der Waals surface area (Å²) in [5.41, 5.74) is 0.520. The van der Waals surface area contributed by atoms with Crippen LogP contribution in [0.1, 0.15) is 16.3 Å². The molecule has 0 aliphatic heterocycles. The summed E-state index contributed by atoms with van der Waals surface area (Å²) in [5, 5.41) is 2.67. The van der Waals surface area contributed by atoms with Crippen LogP contribution in [0.5, 0.6) is 11.6 Å². The van der Waals surface area contributed by atoms with Crippen molar-refractivity contribution < 1.29 is 23.1 Å². The summed E-state index contributed by atoms with van der Waals surface area (Å²) in [5.74, 6) is 0.845. The van der Waals surface area contributed by atoms with Crippen LogP contribution < -0.4 is 14.8 Å². The molecule has 0 aliphatic rings. The molecule has 0 aliphatic carbocycles. The Morgan fingerprint density at radius 1 is 1.16 bits per heavy atom. The van der Waals surface area contributed by atoms with Gasteiger partial charge in [0.15, 0.2) is 5.76 Å². The molecule has 0 unspecified atom stereocenters. The van der Waals surface area contributed by atoms with Gasteiger partial charge < -0.3 is 19.2 Å². The fraction of sp³-hybridized carbons (Fsp3) is 0.111. The minimum atomic E-state index is -0.403. The predicted molar refractivity (Wildman–Crippen MR) is 88.2 cm³/mol. The second-order valence-corrected chi connectivity index (χ2v) is 5.05. The molecule has 1 N–H and O–H groups in total. The van der Waals surface area contributed by atoms with Crippen molar-refractivity contribution in [2.45, 2.75) is 6.61 Å². The van der Waals surface area contributed by atoms with Crippen LogP contribution in [0.25, 0.3) is 0 Å². The number of nitrogens with one attached hydrogen (secondary N) is 1. The number of pyridine rings is 1. The lowest BCUT2D eigenvalue weighted by Gasteiger charge is -2.05. The van der Waals surface area contributed by atoms with Gasteiger partial charge in [-0.2, -0.15) is 0 Å². The van der Waals surface area contributed by atoms with Crippen molar-refractivity contribution in [3.63, 3.8) is 0 Å². The molecule has 0 spiro atoms.